The van der Waals surface area contributed by atoms with Crippen LogP contribution in [0, 0.1) is 5.92 Å². The third-order valence-electron chi connectivity index (χ3n) is 4.25. The number of nitrogens with one attached hydrogen (secondary N) is 1. The molecule has 5 heteroatoms. The van der Waals surface area contributed by atoms with Crippen molar-refractivity contribution >= 4 is 5.91 Å². The summed E-state index contributed by atoms with van der Waals surface area (Å²) < 4.78 is 5.72. The molecule has 2 N–H and O–H groups in total. The summed E-state index contributed by atoms with van der Waals surface area (Å²) in [6.07, 6.45) is 5.01. The van der Waals surface area contributed by atoms with Crippen LogP contribution in [0.5, 0.6) is 11.5 Å². The Morgan fingerprint density at radius 2 is 2.04 bits per heavy atom. The van der Waals surface area contributed by atoms with Crippen molar-refractivity contribution in [1.82, 2.24) is 10.3 Å². The Hall–Kier alpha value is -2.40. The molecule has 1 aliphatic carbocycles. The van der Waals surface area contributed by atoms with Crippen molar-refractivity contribution in [3.05, 3.63) is 54.4 Å². The minimum atomic E-state index is -0.235. The van der Waals surface area contributed by atoms with E-state index in [1.165, 1.54) is 0 Å². The van der Waals surface area contributed by atoms with Crippen LogP contribution >= 0.6 is 0 Å². The minimum Gasteiger partial charge on any atom is -0.457 e. The molecule has 0 aliphatic heterocycles. The third kappa shape index (κ3) is 4.55. The molecule has 126 valence electrons. The summed E-state index contributed by atoms with van der Waals surface area (Å²) in [5.41, 5.74) is 0.333. The first-order valence-corrected chi connectivity index (χ1v) is 8.36. The number of nitrogens with zero attached hydrogens (tertiary/aromatic N) is 1. The summed E-state index contributed by atoms with van der Waals surface area (Å²) >= 11 is 0. The van der Waals surface area contributed by atoms with E-state index in [1.54, 1.807) is 18.3 Å². The molecule has 5 nitrogen and oxygen atoms in total. The van der Waals surface area contributed by atoms with Gasteiger partial charge in [-0.05, 0) is 43.4 Å². The number of hydrogen-bond acceptors (Lipinski definition) is 4. The van der Waals surface area contributed by atoms with Crippen LogP contribution in [0.2, 0.25) is 0 Å². The van der Waals surface area contributed by atoms with E-state index in [2.05, 4.69) is 10.3 Å². The molecule has 2 unspecified atom stereocenters. The molecular formula is C19H22N2O3. The fourth-order valence-corrected chi connectivity index (χ4v) is 3.00. The van der Waals surface area contributed by atoms with Crippen LogP contribution in [0.3, 0.4) is 0 Å². The van der Waals surface area contributed by atoms with Gasteiger partial charge in [0.25, 0.3) is 5.91 Å². The first-order valence-electron chi connectivity index (χ1n) is 8.36. The van der Waals surface area contributed by atoms with E-state index in [-0.39, 0.29) is 12.0 Å². The highest BCUT2D eigenvalue weighted by molar-refractivity contribution is 5.92. The molecule has 1 heterocycles. The van der Waals surface area contributed by atoms with Crippen molar-refractivity contribution in [1.29, 1.82) is 0 Å². The molecule has 24 heavy (non-hydrogen) atoms. The first kappa shape index (κ1) is 16.5. The number of carbonyl (C=O) groups excluding carboxylic acids is 1. The fourth-order valence-electron chi connectivity index (χ4n) is 3.00. The molecule has 0 saturated heterocycles. The number of aromatic nitrogens is 1. The number of aliphatic hydroxyl groups excluding tert-OH is 1. The van der Waals surface area contributed by atoms with Gasteiger partial charge in [-0.15, -0.1) is 0 Å². The first-order chi connectivity index (χ1) is 11.7. The Kier molecular flexibility index (Phi) is 5.43. The van der Waals surface area contributed by atoms with Gasteiger partial charge in [0.05, 0.1) is 6.10 Å². The maximum Gasteiger partial charge on any atom is 0.270 e. The van der Waals surface area contributed by atoms with E-state index < -0.39 is 0 Å². The van der Waals surface area contributed by atoms with E-state index in [0.717, 1.165) is 25.7 Å². The highest BCUT2D eigenvalue weighted by atomic mass is 16.5. The molecule has 0 radical (unpaired) electrons. The summed E-state index contributed by atoms with van der Waals surface area (Å²) in [7, 11) is 0. The molecule has 1 aromatic heterocycles. The number of hydrogen-bond donors (Lipinski definition) is 2. The van der Waals surface area contributed by atoms with Crippen LogP contribution < -0.4 is 10.1 Å². The molecule has 1 aliphatic rings. The lowest BCUT2D eigenvalue weighted by Crippen LogP contribution is -2.33. The smallest absolute Gasteiger partial charge is 0.270 e. The fraction of sp³-hybridized carbons (Fsp3) is 0.368. The quantitative estimate of drug-likeness (QED) is 0.885. The standard InChI is InChI=1S/C19H22N2O3/c22-15-6-4-5-14(11-15)13-21-19(23)18-12-17(9-10-20-18)24-16-7-2-1-3-8-16/h1-3,7-10,12,14-15,22H,4-6,11,13H2,(H,21,23). The summed E-state index contributed by atoms with van der Waals surface area (Å²) in [6, 6.07) is 12.8. The van der Waals surface area contributed by atoms with Gasteiger partial charge in [-0.25, -0.2) is 0 Å². The number of ether oxygens (including phenoxy) is 1. The monoisotopic (exact) mass is 326 g/mol. The average Bonchev–Trinajstić information content (AvgIpc) is 2.61. The van der Waals surface area contributed by atoms with Gasteiger partial charge in [-0.2, -0.15) is 0 Å². The maximum atomic E-state index is 12.3. The van der Waals surface area contributed by atoms with E-state index in [0.29, 0.717) is 29.7 Å². The van der Waals surface area contributed by atoms with Gasteiger partial charge >= 0.3 is 0 Å². The Morgan fingerprint density at radius 1 is 1.21 bits per heavy atom. The van der Waals surface area contributed by atoms with Gasteiger partial charge in [-0.1, -0.05) is 24.6 Å². The highest BCUT2D eigenvalue weighted by Gasteiger charge is 2.21. The molecule has 1 amide bonds. The number of rotatable bonds is 5. The van der Waals surface area contributed by atoms with Gasteiger partial charge in [0.1, 0.15) is 17.2 Å². The molecule has 2 atom stereocenters. The van der Waals surface area contributed by atoms with Gasteiger partial charge in [0, 0.05) is 18.8 Å². The van der Waals surface area contributed by atoms with Crippen molar-refractivity contribution in [3.63, 3.8) is 0 Å². The van der Waals surface area contributed by atoms with Crippen molar-refractivity contribution < 1.29 is 14.6 Å². The van der Waals surface area contributed by atoms with Crippen LogP contribution in [0.1, 0.15) is 36.2 Å². The van der Waals surface area contributed by atoms with E-state index in [9.17, 15) is 9.90 Å². The van der Waals surface area contributed by atoms with Crippen LogP contribution in [-0.2, 0) is 0 Å². The molecule has 2 aromatic rings. The Bertz CT molecular complexity index is 675. The molecule has 3 rings (SSSR count). The van der Waals surface area contributed by atoms with E-state index in [1.807, 2.05) is 30.3 Å². The second-order valence-electron chi connectivity index (χ2n) is 6.19. The predicted molar refractivity (Wildman–Crippen MR) is 91.1 cm³/mol. The molecule has 1 fully saturated rings. The average molecular weight is 326 g/mol. The van der Waals surface area contributed by atoms with Crippen LogP contribution in [0.25, 0.3) is 0 Å². The number of aliphatic hydroxyl groups is 1. The summed E-state index contributed by atoms with van der Waals surface area (Å²) in [5, 5.41) is 12.6. The van der Waals surface area contributed by atoms with Crippen molar-refractivity contribution in [2.24, 2.45) is 5.92 Å². The number of para-hydroxylation sites is 1. The van der Waals surface area contributed by atoms with Crippen molar-refractivity contribution in [2.75, 3.05) is 6.54 Å². The van der Waals surface area contributed by atoms with Crippen molar-refractivity contribution in [3.8, 4) is 11.5 Å². The lowest BCUT2D eigenvalue weighted by molar-refractivity contribution is 0.0870. The zero-order chi connectivity index (χ0) is 16.8. The second kappa shape index (κ2) is 7.93. The molecular weight excluding hydrogens is 304 g/mol. The summed E-state index contributed by atoms with van der Waals surface area (Å²) in [6.45, 7) is 0.571. The van der Waals surface area contributed by atoms with Crippen LogP contribution in [0.15, 0.2) is 48.7 Å². The SMILES string of the molecule is O=C(NCC1CCCC(O)C1)c1cc(Oc2ccccc2)ccn1. The normalized spacial score (nSPS) is 20.4. The Labute approximate surface area is 141 Å². The molecule has 1 aromatic carbocycles. The lowest BCUT2D eigenvalue weighted by Gasteiger charge is -2.25. The van der Waals surface area contributed by atoms with E-state index in [4.69, 9.17) is 4.74 Å². The van der Waals surface area contributed by atoms with Gasteiger partial charge in [0.2, 0.25) is 0 Å². The molecule has 1 saturated carbocycles. The Balaban J connectivity index is 1.57. The van der Waals surface area contributed by atoms with Gasteiger partial charge < -0.3 is 15.2 Å². The number of amides is 1. The number of pyridine rings is 1. The van der Waals surface area contributed by atoms with Crippen molar-refractivity contribution in [2.45, 2.75) is 31.8 Å². The molecule has 0 bridgehead atoms. The lowest BCUT2D eigenvalue weighted by atomic mass is 9.87. The number of benzene rings is 1. The Morgan fingerprint density at radius 3 is 2.83 bits per heavy atom. The molecule has 0 spiro atoms. The zero-order valence-corrected chi connectivity index (χ0v) is 13.5. The van der Waals surface area contributed by atoms with Gasteiger partial charge in [-0.3, -0.25) is 9.78 Å². The van der Waals surface area contributed by atoms with E-state index >= 15 is 0 Å². The highest BCUT2D eigenvalue weighted by Crippen LogP contribution is 2.24. The predicted octanol–water partition coefficient (Wildman–Crippen LogP) is 3.15. The second-order valence-corrected chi connectivity index (χ2v) is 6.19. The van der Waals surface area contributed by atoms with Crippen LogP contribution in [-0.4, -0.2) is 28.6 Å². The van der Waals surface area contributed by atoms with Crippen LogP contribution in [0.4, 0.5) is 0 Å². The summed E-state index contributed by atoms with van der Waals surface area (Å²) in [4.78, 5) is 16.4. The summed E-state index contributed by atoms with van der Waals surface area (Å²) in [5.74, 6) is 1.41. The van der Waals surface area contributed by atoms with Gasteiger partial charge in [0.15, 0.2) is 0 Å². The zero-order valence-electron chi connectivity index (χ0n) is 13.5. The largest absolute Gasteiger partial charge is 0.457 e. The number of carbonyl (C=O) groups is 1. The minimum absolute atomic E-state index is 0.214. The maximum absolute atomic E-state index is 12.3. The topological polar surface area (TPSA) is 71.5 Å². The third-order valence-corrected chi connectivity index (χ3v) is 4.25.